The first kappa shape index (κ1) is 18.9. The molecule has 1 aromatic carbocycles. The van der Waals surface area contributed by atoms with Gasteiger partial charge in [-0.1, -0.05) is 12.5 Å². The summed E-state index contributed by atoms with van der Waals surface area (Å²) in [7, 11) is 1.72. The summed E-state index contributed by atoms with van der Waals surface area (Å²) >= 11 is 0. The molecule has 0 bridgehead atoms. The zero-order chi connectivity index (χ0) is 20.8. The second-order valence-electron chi connectivity index (χ2n) is 8.12. The van der Waals surface area contributed by atoms with Crippen LogP contribution in [-0.4, -0.2) is 56.8 Å². The fraction of sp³-hybridized carbons (Fsp3) is 0.429. The lowest BCUT2D eigenvalue weighted by Crippen LogP contribution is -2.60. The molecule has 5 rings (SSSR count). The summed E-state index contributed by atoms with van der Waals surface area (Å²) in [5, 5.41) is 13.2. The van der Waals surface area contributed by atoms with E-state index in [4.69, 9.17) is 5.10 Å². The topological polar surface area (TPSA) is 66.6 Å². The molecule has 156 valence electrons. The summed E-state index contributed by atoms with van der Waals surface area (Å²) < 4.78 is 28.7. The van der Waals surface area contributed by atoms with Gasteiger partial charge in [0.15, 0.2) is 11.5 Å². The monoisotopic (exact) mass is 412 g/mol. The molecule has 2 aromatic heterocycles. The normalized spacial score (nSPS) is 17.1. The van der Waals surface area contributed by atoms with E-state index in [-0.39, 0.29) is 23.9 Å². The number of aromatic nitrogens is 4. The predicted molar refractivity (Wildman–Crippen MR) is 106 cm³/mol. The van der Waals surface area contributed by atoms with Gasteiger partial charge >= 0.3 is 0 Å². The molecule has 0 atom stereocenters. The molecule has 0 spiro atoms. The Morgan fingerprint density at radius 1 is 1.17 bits per heavy atom. The van der Waals surface area contributed by atoms with Crippen LogP contribution in [-0.2, 0) is 11.2 Å². The van der Waals surface area contributed by atoms with Crippen LogP contribution in [0.1, 0.15) is 36.6 Å². The number of hydrogen-bond donors (Lipinski definition) is 0. The fourth-order valence-electron chi connectivity index (χ4n) is 3.93. The molecule has 2 fully saturated rings. The zero-order valence-corrected chi connectivity index (χ0v) is 16.6. The van der Waals surface area contributed by atoms with E-state index in [1.54, 1.807) is 11.9 Å². The van der Waals surface area contributed by atoms with Gasteiger partial charge in [0.1, 0.15) is 17.5 Å². The maximum Gasteiger partial charge on any atom is 0.227 e. The highest BCUT2D eigenvalue weighted by Crippen LogP contribution is 2.35. The third kappa shape index (κ3) is 3.28. The van der Waals surface area contributed by atoms with Crippen LogP contribution in [0, 0.1) is 11.6 Å². The number of nitrogens with zero attached hydrogens (tertiary/aromatic N) is 6. The Balaban J connectivity index is 1.23. The lowest BCUT2D eigenvalue weighted by atomic mass is 9.85. The number of carbonyl (C=O) groups excluding carboxylic acids is 1. The number of benzene rings is 1. The number of likely N-dealkylation sites (N-methyl/N-ethyl adjacent to an activating group) is 1. The van der Waals surface area contributed by atoms with Gasteiger partial charge < -0.3 is 9.80 Å². The second kappa shape index (κ2) is 7.30. The van der Waals surface area contributed by atoms with Crippen LogP contribution in [0.15, 0.2) is 30.3 Å². The van der Waals surface area contributed by atoms with E-state index in [1.807, 2.05) is 16.6 Å². The Bertz CT molecular complexity index is 1110. The summed E-state index contributed by atoms with van der Waals surface area (Å²) in [5.74, 6) is 0.640. The van der Waals surface area contributed by atoms with Gasteiger partial charge in [0.2, 0.25) is 5.91 Å². The zero-order valence-electron chi connectivity index (χ0n) is 16.6. The van der Waals surface area contributed by atoms with Crippen molar-refractivity contribution in [3.63, 3.8) is 0 Å². The Morgan fingerprint density at radius 2 is 1.97 bits per heavy atom. The Hall–Kier alpha value is -3.10. The molecule has 7 nitrogen and oxygen atoms in total. The molecule has 3 heterocycles. The first-order chi connectivity index (χ1) is 14.5. The largest absolute Gasteiger partial charge is 0.351 e. The average Bonchev–Trinajstić information content (AvgIpc) is 3.04. The summed E-state index contributed by atoms with van der Waals surface area (Å²) in [4.78, 5) is 16.3. The molecule has 1 aliphatic heterocycles. The summed E-state index contributed by atoms with van der Waals surface area (Å²) in [6, 6.07) is 7.14. The van der Waals surface area contributed by atoms with Crippen molar-refractivity contribution < 1.29 is 13.6 Å². The Labute approximate surface area is 172 Å². The molecule has 0 unspecified atom stereocenters. The van der Waals surface area contributed by atoms with Crippen LogP contribution in [0.3, 0.4) is 0 Å². The van der Waals surface area contributed by atoms with Crippen molar-refractivity contribution in [2.75, 3.05) is 25.0 Å². The molecular formula is C21H22F2N6O. The van der Waals surface area contributed by atoms with E-state index < -0.39 is 11.6 Å². The van der Waals surface area contributed by atoms with E-state index in [1.165, 1.54) is 18.6 Å². The molecule has 1 aliphatic carbocycles. The standard InChI is InChI=1S/C21H22F2N6O/c1-27(20(30)9-14-5-6-15(22)10-17(14)23)16-11-28(12-16)19-8-7-18-24-25-21(29(18)26-19)13-3-2-4-13/h5-8,10,13,16H,2-4,9,11-12H2,1H3. The molecule has 30 heavy (non-hydrogen) atoms. The quantitative estimate of drug-likeness (QED) is 0.644. The minimum absolute atomic E-state index is 0.0190. The van der Waals surface area contributed by atoms with Crippen LogP contribution in [0.25, 0.3) is 5.65 Å². The smallest absolute Gasteiger partial charge is 0.227 e. The van der Waals surface area contributed by atoms with Crippen molar-refractivity contribution in [1.82, 2.24) is 24.7 Å². The summed E-state index contributed by atoms with van der Waals surface area (Å²) in [6.45, 7) is 1.29. The van der Waals surface area contributed by atoms with E-state index in [9.17, 15) is 13.6 Å². The van der Waals surface area contributed by atoms with Crippen molar-refractivity contribution in [2.24, 2.45) is 0 Å². The molecule has 9 heteroatoms. The lowest BCUT2D eigenvalue weighted by Gasteiger charge is -2.44. The summed E-state index contributed by atoms with van der Waals surface area (Å²) in [6.07, 6.45) is 3.38. The van der Waals surface area contributed by atoms with Crippen LogP contribution in [0.4, 0.5) is 14.6 Å². The number of amides is 1. The van der Waals surface area contributed by atoms with Gasteiger partial charge in [-0.25, -0.2) is 8.78 Å². The molecule has 0 radical (unpaired) electrons. The number of halogens is 2. The molecule has 1 saturated carbocycles. The highest BCUT2D eigenvalue weighted by molar-refractivity contribution is 5.79. The van der Waals surface area contributed by atoms with Crippen molar-refractivity contribution >= 4 is 17.4 Å². The first-order valence-corrected chi connectivity index (χ1v) is 10.2. The molecule has 2 aliphatic rings. The molecule has 1 saturated heterocycles. The van der Waals surface area contributed by atoms with E-state index in [2.05, 4.69) is 15.1 Å². The number of fused-ring (bicyclic) bond motifs is 1. The number of hydrogen-bond acceptors (Lipinski definition) is 5. The molecular weight excluding hydrogens is 390 g/mol. The van der Waals surface area contributed by atoms with Gasteiger partial charge in [-0.3, -0.25) is 4.79 Å². The second-order valence-corrected chi connectivity index (χ2v) is 8.12. The van der Waals surface area contributed by atoms with Crippen molar-refractivity contribution in [3.8, 4) is 0 Å². The van der Waals surface area contributed by atoms with E-state index in [0.29, 0.717) is 19.0 Å². The average molecular weight is 412 g/mol. The number of carbonyl (C=O) groups is 1. The molecule has 0 N–H and O–H groups in total. The summed E-state index contributed by atoms with van der Waals surface area (Å²) in [5.41, 5.74) is 0.944. The minimum atomic E-state index is -0.694. The van der Waals surface area contributed by atoms with Crippen molar-refractivity contribution in [2.45, 2.75) is 37.6 Å². The van der Waals surface area contributed by atoms with Crippen molar-refractivity contribution in [1.29, 1.82) is 0 Å². The Morgan fingerprint density at radius 3 is 2.67 bits per heavy atom. The van der Waals surface area contributed by atoms with Gasteiger partial charge in [-0.15, -0.1) is 15.3 Å². The Kier molecular flexibility index (Phi) is 4.60. The van der Waals surface area contributed by atoms with Gasteiger partial charge in [0.05, 0.1) is 12.5 Å². The van der Waals surface area contributed by atoms with Gasteiger partial charge in [-0.2, -0.15) is 4.52 Å². The highest BCUT2D eigenvalue weighted by Gasteiger charge is 2.34. The van der Waals surface area contributed by atoms with Gasteiger partial charge in [0.25, 0.3) is 0 Å². The fourth-order valence-corrected chi connectivity index (χ4v) is 3.93. The number of rotatable bonds is 5. The SMILES string of the molecule is CN(C(=O)Cc1ccc(F)cc1F)C1CN(c2ccc3nnc(C4CCC4)n3n2)C1. The predicted octanol–water partition coefficient (Wildman–Crippen LogP) is 2.56. The van der Waals surface area contributed by atoms with E-state index >= 15 is 0 Å². The minimum Gasteiger partial charge on any atom is -0.351 e. The third-order valence-corrected chi connectivity index (χ3v) is 6.23. The van der Waals surface area contributed by atoms with Crippen LogP contribution in [0.2, 0.25) is 0 Å². The van der Waals surface area contributed by atoms with Gasteiger partial charge in [0, 0.05) is 32.1 Å². The van der Waals surface area contributed by atoms with Crippen LogP contribution in [0.5, 0.6) is 0 Å². The lowest BCUT2D eigenvalue weighted by molar-refractivity contribution is -0.131. The van der Waals surface area contributed by atoms with E-state index in [0.717, 1.165) is 36.2 Å². The van der Waals surface area contributed by atoms with Gasteiger partial charge in [-0.05, 0) is 36.6 Å². The maximum absolute atomic E-state index is 13.8. The van der Waals surface area contributed by atoms with Crippen molar-refractivity contribution in [3.05, 3.63) is 53.4 Å². The third-order valence-electron chi connectivity index (χ3n) is 6.23. The first-order valence-electron chi connectivity index (χ1n) is 10.2. The molecule has 3 aromatic rings. The van der Waals surface area contributed by atoms with Crippen LogP contribution >= 0.6 is 0 Å². The maximum atomic E-state index is 13.8. The molecule has 1 amide bonds. The highest BCUT2D eigenvalue weighted by atomic mass is 19.1. The van der Waals surface area contributed by atoms with Crippen LogP contribution < -0.4 is 4.90 Å². The number of anilines is 1.